The average molecular weight is 230 g/mol. The Hall–Kier alpha value is -1.11. The monoisotopic (exact) mass is 230 g/mol. The summed E-state index contributed by atoms with van der Waals surface area (Å²) in [5, 5.41) is 0. The molecule has 1 aliphatic carbocycles. The SMILES string of the molecule is Cc1cc(C(C)(C)C)ccc1C(=O)C1CCC1. The van der Waals surface area contributed by atoms with E-state index in [1.54, 1.807) is 0 Å². The predicted octanol–water partition coefficient (Wildman–Crippen LogP) is 4.28. The van der Waals surface area contributed by atoms with Crippen molar-refractivity contribution < 1.29 is 4.79 Å². The van der Waals surface area contributed by atoms with Crippen molar-refractivity contribution in [3.8, 4) is 0 Å². The first-order valence-corrected chi connectivity index (χ1v) is 6.55. The van der Waals surface area contributed by atoms with Crippen molar-refractivity contribution in [1.82, 2.24) is 0 Å². The maximum Gasteiger partial charge on any atom is 0.166 e. The molecule has 92 valence electrons. The summed E-state index contributed by atoms with van der Waals surface area (Å²) >= 11 is 0. The molecular weight excluding hydrogens is 208 g/mol. The number of carbonyl (C=O) groups is 1. The van der Waals surface area contributed by atoms with Gasteiger partial charge in [-0.2, -0.15) is 0 Å². The molecule has 1 aromatic carbocycles. The van der Waals surface area contributed by atoms with Crippen molar-refractivity contribution in [1.29, 1.82) is 0 Å². The molecule has 1 nitrogen and oxygen atoms in total. The smallest absolute Gasteiger partial charge is 0.166 e. The molecule has 0 spiro atoms. The highest BCUT2D eigenvalue weighted by molar-refractivity contribution is 5.99. The van der Waals surface area contributed by atoms with Crippen LogP contribution in [0, 0.1) is 12.8 Å². The summed E-state index contributed by atoms with van der Waals surface area (Å²) in [6.07, 6.45) is 3.38. The number of rotatable bonds is 2. The number of Topliss-reactive ketones (excluding diaryl/α,β-unsaturated/α-hetero) is 1. The number of hydrogen-bond donors (Lipinski definition) is 0. The first kappa shape index (κ1) is 12.3. The Bertz CT molecular complexity index is 433. The van der Waals surface area contributed by atoms with Gasteiger partial charge >= 0.3 is 0 Å². The standard InChI is InChI=1S/C16H22O/c1-11-10-13(16(2,3)4)8-9-14(11)15(17)12-6-5-7-12/h8-10,12H,5-7H2,1-4H3. The lowest BCUT2D eigenvalue weighted by molar-refractivity contribution is 0.0854. The van der Waals surface area contributed by atoms with Gasteiger partial charge in [-0.05, 0) is 36.3 Å². The molecule has 0 unspecified atom stereocenters. The molecule has 0 saturated heterocycles. The molecule has 17 heavy (non-hydrogen) atoms. The fraction of sp³-hybridized carbons (Fsp3) is 0.562. The number of hydrogen-bond acceptors (Lipinski definition) is 1. The zero-order chi connectivity index (χ0) is 12.6. The van der Waals surface area contributed by atoms with Crippen LogP contribution in [0.4, 0.5) is 0 Å². The van der Waals surface area contributed by atoms with E-state index in [1.165, 1.54) is 12.0 Å². The van der Waals surface area contributed by atoms with E-state index in [-0.39, 0.29) is 5.41 Å². The number of aryl methyl sites for hydroxylation is 1. The van der Waals surface area contributed by atoms with Gasteiger partial charge in [-0.1, -0.05) is 45.4 Å². The summed E-state index contributed by atoms with van der Waals surface area (Å²) in [6.45, 7) is 8.67. The Kier molecular flexibility index (Phi) is 3.11. The third-order valence-corrected chi connectivity index (χ3v) is 3.83. The molecule has 0 amide bonds. The molecule has 0 aliphatic heterocycles. The van der Waals surface area contributed by atoms with Gasteiger partial charge in [-0.15, -0.1) is 0 Å². The Morgan fingerprint density at radius 2 is 1.88 bits per heavy atom. The van der Waals surface area contributed by atoms with Gasteiger partial charge in [0.1, 0.15) is 0 Å². The summed E-state index contributed by atoms with van der Waals surface area (Å²) in [6, 6.07) is 6.31. The van der Waals surface area contributed by atoms with Gasteiger partial charge in [0.05, 0.1) is 0 Å². The first-order valence-electron chi connectivity index (χ1n) is 6.55. The van der Waals surface area contributed by atoms with Crippen LogP contribution in [0.15, 0.2) is 18.2 Å². The summed E-state index contributed by atoms with van der Waals surface area (Å²) in [5.74, 6) is 0.656. The highest BCUT2D eigenvalue weighted by Gasteiger charge is 2.27. The minimum Gasteiger partial charge on any atom is -0.294 e. The summed E-state index contributed by atoms with van der Waals surface area (Å²) in [7, 11) is 0. The molecule has 0 atom stereocenters. The van der Waals surface area contributed by atoms with Gasteiger partial charge in [0.15, 0.2) is 5.78 Å². The largest absolute Gasteiger partial charge is 0.294 e. The van der Waals surface area contributed by atoms with Crippen LogP contribution in [-0.4, -0.2) is 5.78 Å². The second kappa shape index (κ2) is 4.29. The minimum atomic E-state index is 0.156. The third-order valence-electron chi connectivity index (χ3n) is 3.83. The lowest BCUT2D eigenvalue weighted by atomic mass is 9.78. The Morgan fingerprint density at radius 3 is 2.29 bits per heavy atom. The second-order valence-electron chi connectivity index (χ2n) is 6.27. The van der Waals surface area contributed by atoms with Crippen molar-refractivity contribution in [2.45, 2.75) is 52.4 Å². The van der Waals surface area contributed by atoms with Gasteiger partial charge in [0.2, 0.25) is 0 Å². The molecule has 0 N–H and O–H groups in total. The molecular formula is C16H22O. The van der Waals surface area contributed by atoms with Crippen molar-refractivity contribution in [3.05, 3.63) is 34.9 Å². The van der Waals surface area contributed by atoms with E-state index in [0.29, 0.717) is 11.7 Å². The maximum absolute atomic E-state index is 12.2. The van der Waals surface area contributed by atoms with Crippen LogP contribution >= 0.6 is 0 Å². The molecule has 0 heterocycles. The quantitative estimate of drug-likeness (QED) is 0.693. The maximum atomic E-state index is 12.2. The predicted molar refractivity (Wildman–Crippen MR) is 71.6 cm³/mol. The third kappa shape index (κ3) is 2.43. The second-order valence-corrected chi connectivity index (χ2v) is 6.27. The van der Waals surface area contributed by atoms with Crippen LogP contribution in [0.1, 0.15) is 61.5 Å². The average Bonchev–Trinajstić information content (AvgIpc) is 2.12. The van der Waals surface area contributed by atoms with Crippen molar-refractivity contribution in [2.24, 2.45) is 5.92 Å². The molecule has 0 bridgehead atoms. The van der Waals surface area contributed by atoms with Crippen LogP contribution in [0.5, 0.6) is 0 Å². The fourth-order valence-corrected chi connectivity index (χ4v) is 2.30. The number of benzene rings is 1. The lowest BCUT2D eigenvalue weighted by Crippen LogP contribution is -2.23. The van der Waals surface area contributed by atoms with Crippen molar-refractivity contribution >= 4 is 5.78 Å². The highest BCUT2D eigenvalue weighted by Crippen LogP contribution is 2.32. The Balaban J connectivity index is 2.28. The summed E-state index contributed by atoms with van der Waals surface area (Å²) in [4.78, 5) is 12.2. The molecule has 0 radical (unpaired) electrons. The normalized spacial score (nSPS) is 16.7. The molecule has 0 aromatic heterocycles. The topological polar surface area (TPSA) is 17.1 Å². The van der Waals surface area contributed by atoms with Gasteiger partial charge < -0.3 is 0 Å². The molecule has 1 heteroatoms. The van der Waals surface area contributed by atoms with E-state index in [2.05, 4.69) is 39.8 Å². The van der Waals surface area contributed by atoms with Crippen LogP contribution in [0.3, 0.4) is 0 Å². The number of carbonyl (C=O) groups excluding carboxylic acids is 1. The van der Waals surface area contributed by atoms with E-state index in [9.17, 15) is 4.79 Å². The van der Waals surface area contributed by atoms with Gasteiger partial charge in [0.25, 0.3) is 0 Å². The number of ketones is 1. The molecule has 1 aromatic rings. The van der Waals surface area contributed by atoms with Gasteiger partial charge in [-0.3, -0.25) is 4.79 Å². The Labute approximate surface area is 104 Å². The van der Waals surface area contributed by atoms with Gasteiger partial charge in [-0.25, -0.2) is 0 Å². The molecule has 2 rings (SSSR count). The summed E-state index contributed by atoms with van der Waals surface area (Å²) in [5.41, 5.74) is 3.53. The van der Waals surface area contributed by atoms with E-state index < -0.39 is 0 Å². The Morgan fingerprint density at radius 1 is 1.24 bits per heavy atom. The zero-order valence-corrected chi connectivity index (χ0v) is 11.3. The van der Waals surface area contributed by atoms with Crippen molar-refractivity contribution in [2.75, 3.05) is 0 Å². The minimum absolute atomic E-state index is 0.156. The van der Waals surface area contributed by atoms with E-state index in [0.717, 1.165) is 24.0 Å². The van der Waals surface area contributed by atoms with Crippen LogP contribution < -0.4 is 0 Å². The van der Waals surface area contributed by atoms with E-state index in [4.69, 9.17) is 0 Å². The van der Waals surface area contributed by atoms with Crippen LogP contribution in [-0.2, 0) is 5.41 Å². The zero-order valence-electron chi connectivity index (χ0n) is 11.3. The molecule has 1 fully saturated rings. The van der Waals surface area contributed by atoms with Crippen LogP contribution in [0.2, 0.25) is 0 Å². The molecule has 1 aliphatic rings. The van der Waals surface area contributed by atoms with Crippen molar-refractivity contribution in [3.63, 3.8) is 0 Å². The van der Waals surface area contributed by atoms with E-state index >= 15 is 0 Å². The molecule has 1 saturated carbocycles. The highest BCUT2D eigenvalue weighted by atomic mass is 16.1. The van der Waals surface area contributed by atoms with Crippen LogP contribution in [0.25, 0.3) is 0 Å². The summed E-state index contributed by atoms with van der Waals surface area (Å²) < 4.78 is 0. The van der Waals surface area contributed by atoms with Gasteiger partial charge in [0, 0.05) is 11.5 Å². The lowest BCUT2D eigenvalue weighted by Gasteiger charge is -2.25. The fourth-order valence-electron chi connectivity index (χ4n) is 2.30. The van der Waals surface area contributed by atoms with E-state index in [1.807, 2.05) is 6.07 Å². The first-order chi connectivity index (χ1) is 7.89.